The minimum atomic E-state index is -1.91. The van der Waals surface area contributed by atoms with Gasteiger partial charge in [-0.05, 0) is 97.7 Å². The maximum absolute atomic E-state index is 15.3. The second-order valence-electron chi connectivity index (χ2n) is 25.4. The van der Waals surface area contributed by atoms with Crippen molar-refractivity contribution in [2.45, 2.75) is 222 Å². The molecule has 4 saturated heterocycles. The number of hydrogen-bond acceptors (Lipinski definition) is 24. The Bertz CT molecular complexity index is 2090. The van der Waals surface area contributed by atoms with Gasteiger partial charge < -0.3 is 114 Å². The molecule has 4 saturated carbocycles. The highest BCUT2D eigenvalue weighted by Crippen LogP contribution is 2.76. The van der Waals surface area contributed by atoms with Crippen LogP contribution in [0.2, 0.25) is 0 Å². The van der Waals surface area contributed by atoms with Crippen molar-refractivity contribution in [1.29, 1.82) is 0 Å². The Morgan fingerprint density at radius 2 is 1.22 bits per heavy atom. The van der Waals surface area contributed by atoms with E-state index in [2.05, 4.69) is 33.8 Å². The molecule has 9 rings (SSSR count). The van der Waals surface area contributed by atoms with Crippen molar-refractivity contribution >= 4 is 5.97 Å². The van der Waals surface area contributed by atoms with Gasteiger partial charge in [-0.3, -0.25) is 4.79 Å². The molecule has 15 N–H and O–H groups in total. The monoisotopic (exact) mass is 1090 g/mol. The Balaban J connectivity index is 0.971. The van der Waals surface area contributed by atoms with Gasteiger partial charge in [-0.1, -0.05) is 46.3 Å². The summed E-state index contributed by atoms with van der Waals surface area (Å²) in [7, 11) is 0. The lowest BCUT2D eigenvalue weighted by atomic mass is 9.33. The SMILES string of the molecule is C[C@@H]1O[C@@H](O[C@H]2[C@@H](OC(=O)[C@]34CCC(C)(C)C[C@H]3C3=CC[C@@H]5[C@@]6(C)C[C@H](O)[C@H](O[C@@H]7O[C@H](CO)[C@@H](O)[C@H](O)[C@H]7O)C(CO)(CO)[C@@H]6CC[C@@]5(C)[C@]3(C)C[C@H]4O)OC[C@@H](O)[C@H]2O)[C@H](O)[C@H](O)[C@H]1O[C@@H]1OC[C@@H](O)[C@H](O)[C@H]1O. The molecule has 4 heterocycles. The Labute approximate surface area is 441 Å². The molecule has 9 aliphatic rings. The number of hydrogen-bond donors (Lipinski definition) is 15. The van der Waals surface area contributed by atoms with Crippen molar-refractivity contribution in [3.8, 4) is 0 Å². The molecule has 0 radical (unpaired) electrons. The van der Waals surface area contributed by atoms with Crippen LogP contribution in [0.1, 0.15) is 92.9 Å². The molecule has 0 aromatic rings. The lowest BCUT2D eigenvalue weighted by molar-refractivity contribution is -0.369. The van der Waals surface area contributed by atoms with Gasteiger partial charge in [0, 0.05) is 5.41 Å². The number of aliphatic hydroxyl groups is 15. The van der Waals surface area contributed by atoms with Crippen LogP contribution in [0.5, 0.6) is 0 Å². The highest BCUT2D eigenvalue weighted by Gasteiger charge is 2.74. The highest BCUT2D eigenvalue weighted by atomic mass is 16.8. The molecule has 24 heteroatoms. The highest BCUT2D eigenvalue weighted by molar-refractivity contribution is 5.80. The first-order valence-electron chi connectivity index (χ1n) is 27.0. The van der Waals surface area contributed by atoms with Gasteiger partial charge in [0.15, 0.2) is 25.0 Å². The van der Waals surface area contributed by atoms with Crippen LogP contribution in [0, 0.1) is 50.2 Å². The van der Waals surface area contributed by atoms with E-state index < -0.39 is 207 Å². The van der Waals surface area contributed by atoms with E-state index in [0.29, 0.717) is 32.1 Å². The summed E-state index contributed by atoms with van der Waals surface area (Å²) >= 11 is 0. The van der Waals surface area contributed by atoms with E-state index in [1.807, 2.05) is 6.92 Å². The predicted octanol–water partition coefficient (Wildman–Crippen LogP) is -3.84. The lowest BCUT2D eigenvalue weighted by Gasteiger charge is -2.72. The Morgan fingerprint density at radius 1 is 0.618 bits per heavy atom. The molecule has 8 fully saturated rings. The fraction of sp³-hybridized carbons (Fsp3) is 0.942. The molecule has 0 unspecified atom stereocenters. The number of allylic oxidation sites excluding steroid dienone is 2. The van der Waals surface area contributed by atoms with Crippen LogP contribution in [0.4, 0.5) is 0 Å². The summed E-state index contributed by atoms with van der Waals surface area (Å²) in [5.74, 6) is -2.14. The van der Waals surface area contributed by atoms with Gasteiger partial charge in [0.25, 0.3) is 0 Å². The zero-order valence-corrected chi connectivity index (χ0v) is 44.0. The van der Waals surface area contributed by atoms with Crippen molar-refractivity contribution in [3.05, 3.63) is 11.6 Å². The smallest absolute Gasteiger partial charge is 0.317 e. The van der Waals surface area contributed by atoms with E-state index in [4.69, 9.17) is 37.9 Å². The first kappa shape index (κ1) is 59.0. The molecule has 0 aromatic carbocycles. The number of carbonyl (C=O) groups excluding carboxylic acids is 1. The molecule has 0 aromatic heterocycles. The maximum atomic E-state index is 15.3. The third-order valence-electron chi connectivity index (χ3n) is 20.8. The summed E-state index contributed by atoms with van der Waals surface area (Å²) in [5.41, 5.74) is -4.60. The summed E-state index contributed by atoms with van der Waals surface area (Å²) < 4.78 is 47.0. The summed E-state index contributed by atoms with van der Waals surface area (Å²) in [6.07, 6.45) is -28.2. The summed E-state index contributed by atoms with van der Waals surface area (Å²) in [6.45, 7) is 9.08. The Hall–Kier alpha value is -1.67. The summed E-state index contributed by atoms with van der Waals surface area (Å²) in [4.78, 5) is 15.3. The fourth-order valence-corrected chi connectivity index (χ4v) is 16.2. The summed E-state index contributed by atoms with van der Waals surface area (Å²) in [5, 5.41) is 165. The van der Waals surface area contributed by atoms with Crippen molar-refractivity contribution in [1.82, 2.24) is 0 Å². The first-order valence-corrected chi connectivity index (χ1v) is 27.0. The van der Waals surface area contributed by atoms with Crippen LogP contribution in [0.25, 0.3) is 0 Å². The molecule has 28 atom stereocenters. The minimum Gasteiger partial charge on any atom is -0.432 e. The quantitative estimate of drug-likeness (QED) is 0.0535. The summed E-state index contributed by atoms with van der Waals surface area (Å²) in [6, 6.07) is 0. The van der Waals surface area contributed by atoms with Crippen molar-refractivity contribution < 1.29 is 119 Å². The fourth-order valence-electron chi connectivity index (χ4n) is 16.2. The molecule has 0 spiro atoms. The van der Waals surface area contributed by atoms with E-state index in [9.17, 15) is 76.6 Å². The van der Waals surface area contributed by atoms with E-state index >= 15 is 4.79 Å². The van der Waals surface area contributed by atoms with Gasteiger partial charge >= 0.3 is 5.97 Å². The number of ether oxygens (including phenoxy) is 8. The average molecular weight is 1090 g/mol. The molecule has 0 amide bonds. The van der Waals surface area contributed by atoms with Gasteiger partial charge in [0.1, 0.15) is 78.7 Å². The van der Waals surface area contributed by atoms with Crippen LogP contribution >= 0.6 is 0 Å². The van der Waals surface area contributed by atoms with Crippen LogP contribution in [-0.2, 0) is 42.7 Å². The van der Waals surface area contributed by atoms with Gasteiger partial charge in [0.05, 0.1) is 57.5 Å². The topological polar surface area (TPSA) is 394 Å². The Kier molecular flexibility index (Phi) is 16.5. The zero-order valence-electron chi connectivity index (χ0n) is 44.0. The second-order valence-corrected chi connectivity index (χ2v) is 25.4. The molecule has 0 bridgehead atoms. The van der Waals surface area contributed by atoms with Crippen LogP contribution < -0.4 is 0 Å². The zero-order chi connectivity index (χ0) is 55.6. The van der Waals surface area contributed by atoms with E-state index in [-0.39, 0.29) is 30.6 Å². The van der Waals surface area contributed by atoms with Crippen molar-refractivity contribution in [2.75, 3.05) is 33.0 Å². The van der Waals surface area contributed by atoms with Crippen LogP contribution in [0.3, 0.4) is 0 Å². The largest absolute Gasteiger partial charge is 0.432 e. The molecule has 436 valence electrons. The third-order valence-corrected chi connectivity index (χ3v) is 20.8. The normalized spacial score (nSPS) is 54.0. The number of aliphatic hydroxyl groups excluding tert-OH is 15. The second kappa shape index (κ2) is 21.3. The first-order chi connectivity index (χ1) is 35.6. The molecular formula is C52H84O24. The van der Waals surface area contributed by atoms with Crippen LogP contribution in [0.15, 0.2) is 11.6 Å². The predicted molar refractivity (Wildman–Crippen MR) is 255 cm³/mol. The Morgan fingerprint density at radius 3 is 1.88 bits per heavy atom. The molecule has 5 aliphatic carbocycles. The van der Waals surface area contributed by atoms with Crippen molar-refractivity contribution in [3.63, 3.8) is 0 Å². The molecule has 76 heavy (non-hydrogen) atoms. The molecular weight excluding hydrogens is 1010 g/mol. The number of rotatable bonds is 11. The number of fused-ring (bicyclic) bond motifs is 7. The standard InChI is InChI=1S/C52H84O24/c1-21-39(73-42-36(65)31(60)25(57)17-69-42)35(64)38(67)43(71-21)74-40-32(61)26(58)18-70-45(40)76-46(68)52-12-11-47(2,3)13-23(52)22-7-8-28-48(4)14-24(56)41(75-44-37(66)34(63)33(62)27(16-53)72-44)51(19-54,20-55)29(48)9-10-49(28,5)50(22,6)15-30(52)59/h7,21,23-45,53-67H,8-20H2,1-6H3/t21-,23-,24-,25+,26+,27+,28+,29+,30+,31-,32+,33+,34-,35-,36+,37+,38+,39-,40+,41-,42-,43-,44-,45+,48+,49+,50+,52+/m0/s1. The molecule has 24 nitrogen and oxygen atoms in total. The van der Waals surface area contributed by atoms with E-state index in [1.165, 1.54) is 6.92 Å². The number of carbonyl (C=O) groups is 1. The number of esters is 1. The lowest BCUT2D eigenvalue weighted by Crippen LogP contribution is -2.71. The average Bonchev–Trinajstić information content (AvgIpc) is 3.56. The minimum absolute atomic E-state index is 0.103. The van der Waals surface area contributed by atoms with Gasteiger partial charge in [-0.25, -0.2) is 0 Å². The van der Waals surface area contributed by atoms with E-state index in [1.54, 1.807) is 0 Å². The molecule has 4 aliphatic heterocycles. The van der Waals surface area contributed by atoms with Crippen molar-refractivity contribution in [2.24, 2.45) is 50.2 Å². The van der Waals surface area contributed by atoms with Gasteiger partial charge in [-0.2, -0.15) is 0 Å². The van der Waals surface area contributed by atoms with E-state index in [0.717, 1.165) is 5.57 Å². The maximum Gasteiger partial charge on any atom is 0.317 e. The third kappa shape index (κ3) is 9.17. The van der Waals surface area contributed by atoms with Gasteiger partial charge in [-0.15, -0.1) is 0 Å². The van der Waals surface area contributed by atoms with Crippen LogP contribution in [-0.4, -0.2) is 245 Å². The van der Waals surface area contributed by atoms with Gasteiger partial charge in [0.2, 0.25) is 6.29 Å².